The maximum Gasteiger partial charge on any atom is 0.417 e. The fourth-order valence-corrected chi connectivity index (χ4v) is 2.14. The summed E-state index contributed by atoms with van der Waals surface area (Å²) >= 11 is 8.88. The summed E-state index contributed by atoms with van der Waals surface area (Å²) in [6.45, 7) is 1.90. The molecule has 0 unspecified atom stereocenters. The van der Waals surface area contributed by atoms with Gasteiger partial charge in [0.15, 0.2) is 0 Å². The molecule has 0 aliphatic carbocycles. The average Bonchev–Trinajstić information content (AvgIpc) is 2.35. The molecule has 0 bridgehead atoms. The lowest BCUT2D eigenvalue weighted by Gasteiger charge is -2.12. The molecule has 0 heterocycles. The Morgan fingerprint density at radius 1 is 1.05 bits per heavy atom. The van der Waals surface area contributed by atoms with E-state index < -0.39 is 11.7 Å². The van der Waals surface area contributed by atoms with Gasteiger partial charge in [-0.05, 0) is 42.8 Å². The van der Waals surface area contributed by atoms with E-state index in [-0.39, 0.29) is 10.8 Å². The van der Waals surface area contributed by atoms with E-state index in [1.54, 1.807) is 18.2 Å². The molecule has 2 rings (SSSR count). The summed E-state index contributed by atoms with van der Waals surface area (Å²) in [6, 6.07) is 8.63. The molecule has 0 spiro atoms. The smallest absolute Gasteiger partial charge is 0.417 e. The second kappa shape index (κ2) is 5.66. The molecule has 0 N–H and O–H groups in total. The number of hydrogen-bond acceptors (Lipinski definition) is 1. The van der Waals surface area contributed by atoms with Gasteiger partial charge in [-0.2, -0.15) is 13.2 Å². The van der Waals surface area contributed by atoms with Gasteiger partial charge in [0.2, 0.25) is 0 Å². The van der Waals surface area contributed by atoms with Crippen molar-refractivity contribution >= 4 is 27.5 Å². The number of rotatable bonds is 2. The highest BCUT2D eigenvalue weighted by atomic mass is 79.9. The molecule has 0 amide bonds. The SMILES string of the molecule is Cc1ccc(Oc2ccc(Cl)c(C(F)(F)F)c2)cc1Br. The number of ether oxygens (including phenoxy) is 1. The van der Waals surface area contributed by atoms with E-state index in [1.807, 2.05) is 6.92 Å². The molecule has 2 aromatic rings. The minimum absolute atomic E-state index is 0.0810. The van der Waals surface area contributed by atoms with Crippen LogP contribution in [0.4, 0.5) is 13.2 Å². The first-order valence-corrected chi connectivity index (χ1v) is 6.75. The third kappa shape index (κ3) is 3.46. The third-order valence-electron chi connectivity index (χ3n) is 2.62. The molecule has 106 valence electrons. The quantitative estimate of drug-likeness (QED) is 0.613. The van der Waals surface area contributed by atoms with Gasteiger partial charge in [-0.1, -0.05) is 33.6 Å². The topological polar surface area (TPSA) is 9.23 Å². The number of aryl methyl sites for hydroxylation is 1. The molecule has 0 radical (unpaired) electrons. The van der Waals surface area contributed by atoms with Gasteiger partial charge in [0.1, 0.15) is 11.5 Å². The number of benzene rings is 2. The van der Waals surface area contributed by atoms with E-state index in [0.29, 0.717) is 5.75 Å². The van der Waals surface area contributed by atoms with Crippen LogP contribution in [0.3, 0.4) is 0 Å². The molecule has 20 heavy (non-hydrogen) atoms. The van der Waals surface area contributed by atoms with Crippen LogP contribution in [0.25, 0.3) is 0 Å². The zero-order valence-corrected chi connectivity index (χ0v) is 12.6. The highest BCUT2D eigenvalue weighted by molar-refractivity contribution is 9.10. The first kappa shape index (κ1) is 15.2. The molecule has 0 atom stereocenters. The van der Waals surface area contributed by atoms with Crippen LogP contribution in [0.15, 0.2) is 40.9 Å². The fraction of sp³-hybridized carbons (Fsp3) is 0.143. The highest BCUT2D eigenvalue weighted by Gasteiger charge is 2.33. The van der Waals surface area contributed by atoms with E-state index in [9.17, 15) is 13.2 Å². The van der Waals surface area contributed by atoms with Gasteiger partial charge in [-0.15, -0.1) is 0 Å². The Balaban J connectivity index is 2.32. The second-order valence-electron chi connectivity index (χ2n) is 4.15. The largest absolute Gasteiger partial charge is 0.457 e. The Morgan fingerprint density at radius 3 is 2.25 bits per heavy atom. The summed E-state index contributed by atoms with van der Waals surface area (Å²) in [7, 11) is 0. The second-order valence-corrected chi connectivity index (χ2v) is 5.41. The number of alkyl halides is 3. The standard InChI is InChI=1S/C14H9BrClF3O/c1-8-2-3-10(7-12(8)15)20-9-4-5-13(16)11(6-9)14(17,18)19/h2-7H,1H3. The minimum Gasteiger partial charge on any atom is -0.457 e. The Bertz CT molecular complexity index is 641. The van der Waals surface area contributed by atoms with Crippen molar-refractivity contribution in [1.82, 2.24) is 0 Å². The Labute approximate surface area is 127 Å². The molecule has 0 aromatic heterocycles. The van der Waals surface area contributed by atoms with Gasteiger partial charge >= 0.3 is 6.18 Å². The maximum absolute atomic E-state index is 12.7. The molecule has 6 heteroatoms. The Hall–Kier alpha value is -1.20. The summed E-state index contributed by atoms with van der Waals surface area (Å²) < 4.78 is 44.4. The summed E-state index contributed by atoms with van der Waals surface area (Å²) in [5.41, 5.74) is 0.0901. The summed E-state index contributed by atoms with van der Waals surface area (Å²) in [5.74, 6) is 0.524. The van der Waals surface area contributed by atoms with Crippen molar-refractivity contribution in [2.45, 2.75) is 13.1 Å². The van der Waals surface area contributed by atoms with Crippen LogP contribution in [0, 0.1) is 6.92 Å². The van der Waals surface area contributed by atoms with Crippen molar-refractivity contribution in [2.75, 3.05) is 0 Å². The first-order valence-electron chi connectivity index (χ1n) is 5.58. The van der Waals surface area contributed by atoms with Crippen LogP contribution in [-0.4, -0.2) is 0 Å². The molecule has 2 aromatic carbocycles. The fourth-order valence-electron chi connectivity index (χ4n) is 1.56. The van der Waals surface area contributed by atoms with Gasteiger partial charge in [0, 0.05) is 4.47 Å². The summed E-state index contributed by atoms with van der Waals surface area (Å²) in [6.07, 6.45) is -4.51. The first-order chi connectivity index (χ1) is 9.27. The molecule has 0 aliphatic rings. The molecule has 0 fully saturated rings. The van der Waals surface area contributed by atoms with Gasteiger partial charge < -0.3 is 4.74 Å². The Morgan fingerprint density at radius 2 is 1.65 bits per heavy atom. The third-order valence-corrected chi connectivity index (χ3v) is 3.81. The molecule has 0 saturated heterocycles. The van der Waals surface area contributed by atoms with Crippen molar-refractivity contribution < 1.29 is 17.9 Å². The van der Waals surface area contributed by atoms with E-state index in [4.69, 9.17) is 16.3 Å². The lowest BCUT2D eigenvalue weighted by molar-refractivity contribution is -0.137. The van der Waals surface area contributed by atoms with Crippen LogP contribution >= 0.6 is 27.5 Å². The lowest BCUT2D eigenvalue weighted by Crippen LogP contribution is -2.05. The molecule has 1 nitrogen and oxygen atoms in total. The predicted octanol–water partition coefficient (Wildman–Crippen LogP) is 6.22. The van der Waals surface area contributed by atoms with Crippen LogP contribution in [-0.2, 0) is 6.18 Å². The average molecular weight is 366 g/mol. The Kier molecular flexibility index (Phi) is 4.30. The number of hydrogen-bond donors (Lipinski definition) is 0. The molecule has 0 aliphatic heterocycles. The van der Waals surface area contributed by atoms with Crippen LogP contribution in [0.5, 0.6) is 11.5 Å². The van der Waals surface area contributed by atoms with Crippen molar-refractivity contribution in [3.05, 3.63) is 57.0 Å². The van der Waals surface area contributed by atoms with E-state index in [2.05, 4.69) is 15.9 Å². The summed E-state index contributed by atoms with van der Waals surface area (Å²) in [4.78, 5) is 0. The lowest BCUT2D eigenvalue weighted by atomic mass is 10.2. The monoisotopic (exact) mass is 364 g/mol. The maximum atomic E-state index is 12.7. The molecular formula is C14H9BrClF3O. The van der Waals surface area contributed by atoms with Crippen molar-refractivity contribution in [3.8, 4) is 11.5 Å². The minimum atomic E-state index is -4.51. The highest BCUT2D eigenvalue weighted by Crippen LogP contribution is 2.38. The van der Waals surface area contributed by atoms with Gasteiger partial charge in [-0.25, -0.2) is 0 Å². The zero-order chi connectivity index (χ0) is 14.9. The normalized spacial score (nSPS) is 11.5. The van der Waals surface area contributed by atoms with Crippen LogP contribution in [0.1, 0.15) is 11.1 Å². The van der Waals surface area contributed by atoms with Gasteiger partial charge in [-0.3, -0.25) is 0 Å². The van der Waals surface area contributed by atoms with Gasteiger partial charge in [0.25, 0.3) is 0 Å². The van der Waals surface area contributed by atoms with Crippen molar-refractivity contribution in [3.63, 3.8) is 0 Å². The molecule has 0 saturated carbocycles. The van der Waals surface area contributed by atoms with Crippen molar-refractivity contribution in [1.29, 1.82) is 0 Å². The van der Waals surface area contributed by atoms with E-state index in [1.165, 1.54) is 12.1 Å². The van der Waals surface area contributed by atoms with E-state index in [0.717, 1.165) is 16.1 Å². The zero-order valence-electron chi connectivity index (χ0n) is 10.3. The van der Waals surface area contributed by atoms with Crippen molar-refractivity contribution in [2.24, 2.45) is 0 Å². The number of halogens is 5. The molecular weight excluding hydrogens is 357 g/mol. The van der Waals surface area contributed by atoms with E-state index >= 15 is 0 Å². The summed E-state index contributed by atoms with van der Waals surface area (Å²) in [5, 5.41) is -0.352. The van der Waals surface area contributed by atoms with Crippen LogP contribution < -0.4 is 4.74 Å². The van der Waals surface area contributed by atoms with Crippen LogP contribution in [0.2, 0.25) is 5.02 Å². The predicted molar refractivity (Wildman–Crippen MR) is 75.4 cm³/mol. The van der Waals surface area contributed by atoms with Gasteiger partial charge in [0.05, 0.1) is 10.6 Å².